The number of aryl methyl sites for hydroxylation is 1. The van der Waals surface area contributed by atoms with Crippen LogP contribution in [0.15, 0.2) is 27.6 Å². The minimum Gasteiger partial charge on any atom is -0.323 e. The van der Waals surface area contributed by atoms with Crippen LogP contribution in [0.1, 0.15) is 24.8 Å². The molecule has 0 radical (unpaired) electrons. The lowest BCUT2D eigenvalue weighted by Gasteiger charge is -2.28. The molecule has 9 heteroatoms. The zero-order chi connectivity index (χ0) is 17.5. The number of nitrogens with one attached hydrogen (secondary N) is 3. The first-order valence-electron chi connectivity index (χ1n) is 7.64. The molecule has 1 saturated heterocycles. The van der Waals surface area contributed by atoms with Crippen molar-refractivity contribution in [2.24, 2.45) is 5.92 Å². The van der Waals surface area contributed by atoms with Crippen LogP contribution in [-0.4, -0.2) is 32.4 Å². The van der Waals surface area contributed by atoms with Gasteiger partial charge in [-0.3, -0.25) is 10.1 Å². The fourth-order valence-electron chi connectivity index (χ4n) is 3.40. The lowest BCUT2D eigenvalue weighted by atomic mass is 9.87. The monoisotopic (exact) mass is 415 g/mol. The van der Waals surface area contributed by atoms with Gasteiger partial charge in [0.1, 0.15) is 5.54 Å². The van der Waals surface area contributed by atoms with Crippen molar-refractivity contribution in [2.75, 3.05) is 6.54 Å². The Labute approximate surface area is 148 Å². The van der Waals surface area contributed by atoms with Crippen LogP contribution in [0.2, 0.25) is 0 Å². The Kier molecular flexibility index (Phi) is 4.43. The quantitative estimate of drug-likeness (QED) is 0.646. The van der Waals surface area contributed by atoms with Crippen LogP contribution < -0.4 is 15.4 Å². The number of rotatable bonds is 4. The van der Waals surface area contributed by atoms with E-state index in [2.05, 4.69) is 31.3 Å². The van der Waals surface area contributed by atoms with E-state index in [1.807, 2.05) is 6.92 Å². The molecule has 0 unspecified atom stereocenters. The van der Waals surface area contributed by atoms with Crippen molar-refractivity contribution in [2.45, 2.75) is 36.6 Å². The van der Waals surface area contributed by atoms with E-state index in [4.69, 9.17) is 0 Å². The average Bonchev–Trinajstić information content (AvgIpc) is 3.04. The maximum Gasteiger partial charge on any atom is 0.322 e. The van der Waals surface area contributed by atoms with Gasteiger partial charge in [0.2, 0.25) is 10.0 Å². The van der Waals surface area contributed by atoms with Crippen LogP contribution in [0.4, 0.5) is 4.79 Å². The summed E-state index contributed by atoms with van der Waals surface area (Å²) < 4.78 is 28.4. The van der Waals surface area contributed by atoms with Crippen molar-refractivity contribution < 1.29 is 18.0 Å². The summed E-state index contributed by atoms with van der Waals surface area (Å²) in [4.78, 5) is 23.8. The molecule has 2 aliphatic rings. The van der Waals surface area contributed by atoms with Gasteiger partial charge in [0.25, 0.3) is 5.91 Å². The summed E-state index contributed by atoms with van der Waals surface area (Å²) in [5, 5.41) is 4.93. The van der Waals surface area contributed by atoms with Gasteiger partial charge in [-0.25, -0.2) is 17.9 Å². The molecule has 24 heavy (non-hydrogen) atoms. The Bertz CT molecular complexity index is 811. The molecule has 3 amide bonds. The molecule has 3 rings (SSSR count). The summed E-state index contributed by atoms with van der Waals surface area (Å²) in [5.41, 5.74) is -0.174. The number of benzene rings is 1. The van der Waals surface area contributed by atoms with Crippen LogP contribution in [0.5, 0.6) is 0 Å². The molecule has 1 aliphatic heterocycles. The third-order valence-electron chi connectivity index (χ3n) is 4.75. The molecule has 1 aliphatic carbocycles. The third kappa shape index (κ3) is 2.96. The Morgan fingerprint density at radius 1 is 1.38 bits per heavy atom. The van der Waals surface area contributed by atoms with Crippen molar-refractivity contribution in [1.82, 2.24) is 15.4 Å². The van der Waals surface area contributed by atoms with Crippen LogP contribution in [0.25, 0.3) is 0 Å². The molecule has 1 heterocycles. The van der Waals surface area contributed by atoms with Gasteiger partial charge in [0, 0.05) is 16.9 Å². The van der Waals surface area contributed by atoms with Crippen LogP contribution in [0.3, 0.4) is 0 Å². The molecule has 7 nitrogen and oxygen atoms in total. The van der Waals surface area contributed by atoms with E-state index in [9.17, 15) is 18.0 Å². The number of imide groups is 1. The standard InChI is InChI=1S/C15H18BrN3O4S/c1-9-7-11(4-5-12(9)16)24(22,23)17-8-10-3-2-6-15(10)13(20)18-14(21)19-15/h4-5,7,10,17H,2-3,6,8H2,1H3,(H2,18,19,20,21)/t10-,15+/m1/s1. The van der Waals surface area contributed by atoms with Crippen LogP contribution in [0, 0.1) is 12.8 Å². The maximum atomic E-state index is 12.5. The number of hydrogen-bond donors (Lipinski definition) is 3. The highest BCUT2D eigenvalue weighted by molar-refractivity contribution is 9.10. The van der Waals surface area contributed by atoms with E-state index < -0.39 is 21.6 Å². The summed E-state index contributed by atoms with van der Waals surface area (Å²) in [5.74, 6) is -0.635. The minimum absolute atomic E-state index is 0.102. The van der Waals surface area contributed by atoms with E-state index >= 15 is 0 Å². The zero-order valence-electron chi connectivity index (χ0n) is 13.1. The number of carbonyl (C=O) groups is 2. The summed E-state index contributed by atoms with van der Waals surface area (Å²) in [7, 11) is -3.68. The highest BCUT2D eigenvalue weighted by Crippen LogP contribution is 2.37. The van der Waals surface area contributed by atoms with Crippen molar-refractivity contribution >= 4 is 37.9 Å². The molecule has 1 saturated carbocycles. The van der Waals surface area contributed by atoms with Gasteiger partial charge in [-0.2, -0.15) is 0 Å². The number of amides is 3. The smallest absolute Gasteiger partial charge is 0.322 e. The van der Waals surface area contributed by atoms with E-state index in [1.54, 1.807) is 12.1 Å². The van der Waals surface area contributed by atoms with Gasteiger partial charge in [-0.1, -0.05) is 22.4 Å². The van der Waals surface area contributed by atoms with E-state index in [0.717, 1.165) is 16.5 Å². The number of sulfonamides is 1. The van der Waals surface area contributed by atoms with E-state index in [-0.39, 0.29) is 23.3 Å². The molecule has 130 valence electrons. The first-order chi connectivity index (χ1) is 11.2. The van der Waals surface area contributed by atoms with Crippen LogP contribution >= 0.6 is 15.9 Å². The largest absolute Gasteiger partial charge is 0.323 e. The lowest BCUT2D eigenvalue weighted by Crippen LogP contribution is -2.53. The second-order valence-corrected chi connectivity index (χ2v) is 8.85. The normalized spacial score (nSPS) is 26.7. The maximum absolute atomic E-state index is 12.5. The summed E-state index contributed by atoms with van der Waals surface area (Å²) in [6.07, 6.45) is 1.96. The average molecular weight is 416 g/mol. The van der Waals surface area contributed by atoms with E-state index in [1.165, 1.54) is 6.07 Å². The molecule has 3 N–H and O–H groups in total. The van der Waals surface area contributed by atoms with Gasteiger partial charge in [0.05, 0.1) is 4.90 Å². The first kappa shape index (κ1) is 17.4. The van der Waals surface area contributed by atoms with Crippen molar-refractivity contribution in [1.29, 1.82) is 0 Å². The topological polar surface area (TPSA) is 104 Å². The SMILES string of the molecule is Cc1cc(S(=O)(=O)NC[C@H]2CCC[C@]23NC(=O)NC3=O)ccc1Br. The molecular weight excluding hydrogens is 398 g/mol. The molecule has 0 aromatic heterocycles. The molecule has 1 spiro atoms. The van der Waals surface area contributed by atoms with Gasteiger partial charge < -0.3 is 5.32 Å². The van der Waals surface area contributed by atoms with E-state index in [0.29, 0.717) is 12.8 Å². The molecule has 2 atom stereocenters. The first-order valence-corrected chi connectivity index (χ1v) is 9.92. The van der Waals surface area contributed by atoms with Gasteiger partial charge >= 0.3 is 6.03 Å². The van der Waals surface area contributed by atoms with Crippen molar-refractivity contribution in [3.8, 4) is 0 Å². The summed E-state index contributed by atoms with van der Waals surface area (Å²) >= 11 is 3.34. The minimum atomic E-state index is -3.68. The molecule has 1 aromatic rings. The number of carbonyl (C=O) groups excluding carboxylic acids is 2. The highest BCUT2D eigenvalue weighted by atomic mass is 79.9. The predicted molar refractivity (Wildman–Crippen MR) is 90.8 cm³/mol. The molecular formula is C15H18BrN3O4S. The Morgan fingerprint density at radius 2 is 2.12 bits per heavy atom. The Morgan fingerprint density at radius 3 is 2.75 bits per heavy atom. The lowest BCUT2D eigenvalue weighted by molar-refractivity contribution is -0.125. The van der Waals surface area contributed by atoms with Gasteiger partial charge in [-0.05, 0) is 43.5 Å². The summed E-state index contributed by atoms with van der Waals surface area (Å²) in [6.45, 7) is 1.92. The molecule has 1 aromatic carbocycles. The van der Waals surface area contributed by atoms with Gasteiger partial charge in [-0.15, -0.1) is 0 Å². The zero-order valence-corrected chi connectivity index (χ0v) is 15.5. The molecule has 0 bridgehead atoms. The van der Waals surface area contributed by atoms with Crippen LogP contribution in [-0.2, 0) is 14.8 Å². The molecule has 2 fully saturated rings. The number of urea groups is 1. The predicted octanol–water partition coefficient (Wildman–Crippen LogP) is 1.41. The highest BCUT2D eigenvalue weighted by Gasteiger charge is 2.54. The number of hydrogen-bond acceptors (Lipinski definition) is 4. The number of halogens is 1. The second-order valence-electron chi connectivity index (χ2n) is 6.23. The summed E-state index contributed by atoms with van der Waals surface area (Å²) in [6, 6.07) is 4.28. The van der Waals surface area contributed by atoms with Gasteiger partial charge in [0.15, 0.2) is 0 Å². The Balaban J connectivity index is 1.76. The van der Waals surface area contributed by atoms with Crippen molar-refractivity contribution in [3.63, 3.8) is 0 Å². The fourth-order valence-corrected chi connectivity index (χ4v) is 4.81. The fraction of sp³-hybridized carbons (Fsp3) is 0.467. The van der Waals surface area contributed by atoms with Crippen molar-refractivity contribution in [3.05, 3.63) is 28.2 Å². The second kappa shape index (κ2) is 6.12. The third-order valence-corrected chi connectivity index (χ3v) is 7.06. The Hall–Kier alpha value is -1.45.